The molecule has 1 aliphatic carbocycles. The van der Waals surface area contributed by atoms with Gasteiger partial charge in [-0.1, -0.05) is 11.6 Å². The van der Waals surface area contributed by atoms with Crippen molar-refractivity contribution >= 4 is 45.4 Å². The number of rotatable bonds is 6. The molecule has 0 radical (unpaired) electrons. The van der Waals surface area contributed by atoms with E-state index in [0.29, 0.717) is 32.1 Å². The third kappa shape index (κ3) is 3.94. The van der Waals surface area contributed by atoms with Gasteiger partial charge in [-0.3, -0.25) is 9.59 Å². The molecular formula is C18H19ClN2O4S. The summed E-state index contributed by atoms with van der Waals surface area (Å²) >= 11 is 7.38. The van der Waals surface area contributed by atoms with E-state index in [1.54, 1.807) is 18.2 Å². The van der Waals surface area contributed by atoms with Gasteiger partial charge in [-0.05, 0) is 37.5 Å². The van der Waals surface area contributed by atoms with Gasteiger partial charge in [-0.15, -0.1) is 11.3 Å². The second kappa shape index (κ2) is 7.55. The van der Waals surface area contributed by atoms with Crippen LogP contribution in [-0.4, -0.2) is 26.0 Å². The van der Waals surface area contributed by atoms with E-state index < -0.39 is 0 Å². The van der Waals surface area contributed by atoms with Crippen molar-refractivity contribution < 1.29 is 19.1 Å². The summed E-state index contributed by atoms with van der Waals surface area (Å²) in [6.07, 6.45) is 1.86. The quantitative estimate of drug-likeness (QED) is 0.764. The Hall–Kier alpha value is -2.25. The van der Waals surface area contributed by atoms with Crippen LogP contribution in [0, 0.1) is 12.8 Å². The molecule has 0 unspecified atom stereocenters. The number of ether oxygens (including phenoxy) is 2. The molecule has 0 spiro atoms. The minimum absolute atomic E-state index is 0.0156. The van der Waals surface area contributed by atoms with Gasteiger partial charge in [0.25, 0.3) is 5.91 Å². The molecule has 138 valence electrons. The number of anilines is 2. The van der Waals surface area contributed by atoms with Gasteiger partial charge in [0.2, 0.25) is 5.91 Å². The predicted octanol–water partition coefficient (Wildman–Crippen LogP) is 4.33. The molecule has 2 aromatic rings. The number of benzene rings is 1. The van der Waals surface area contributed by atoms with E-state index in [4.69, 9.17) is 21.1 Å². The standard InChI is InChI=1S/C18H19ClN2O4S/c1-9-6-15(21-17(22)10-4-5-10)26-16(9)18(23)20-12-7-11(19)13(24-2)8-14(12)25-3/h6-8,10H,4-5H2,1-3H3,(H,20,23)(H,21,22). The van der Waals surface area contributed by atoms with Gasteiger partial charge < -0.3 is 20.1 Å². The molecular weight excluding hydrogens is 376 g/mol. The van der Waals surface area contributed by atoms with E-state index in [0.717, 1.165) is 18.4 Å². The molecule has 1 aromatic carbocycles. The summed E-state index contributed by atoms with van der Waals surface area (Å²) in [7, 11) is 3.01. The fourth-order valence-corrected chi connectivity index (χ4v) is 3.69. The topological polar surface area (TPSA) is 76.7 Å². The van der Waals surface area contributed by atoms with Crippen molar-refractivity contribution in [1.82, 2.24) is 0 Å². The van der Waals surface area contributed by atoms with Gasteiger partial charge >= 0.3 is 0 Å². The highest BCUT2D eigenvalue weighted by atomic mass is 35.5. The maximum absolute atomic E-state index is 12.7. The number of halogens is 1. The summed E-state index contributed by atoms with van der Waals surface area (Å²) in [5.41, 5.74) is 1.23. The lowest BCUT2D eigenvalue weighted by atomic mass is 10.2. The number of carbonyl (C=O) groups excluding carboxylic acids is 2. The van der Waals surface area contributed by atoms with Crippen molar-refractivity contribution in [1.29, 1.82) is 0 Å². The lowest BCUT2D eigenvalue weighted by Crippen LogP contribution is -2.13. The lowest BCUT2D eigenvalue weighted by molar-refractivity contribution is -0.117. The Morgan fingerprint density at radius 3 is 2.42 bits per heavy atom. The summed E-state index contributed by atoms with van der Waals surface area (Å²) in [5, 5.41) is 6.71. The fraction of sp³-hybridized carbons (Fsp3) is 0.333. The second-order valence-corrected chi connectivity index (χ2v) is 7.49. The molecule has 8 heteroatoms. The first-order valence-electron chi connectivity index (χ1n) is 8.07. The van der Waals surface area contributed by atoms with E-state index in [9.17, 15) is 9.59 Å². The maximum Gasteiger partial charge on any atom is 0.266 e. The van der Waals surface area contributed by atoms with Gasteiger partial charge in [0.1, 0.15) is 11.5 Å². The Morgan fingerprint density at radius 1 is 1.12 bits per heavy atom. The average Bonchev–Trinajstić information content (AvgIpc) is 3.39. The molecule has 2 amide bonds. The molecule has 1 fully saturated rings. The molecule has 1 heterocycles. The number of hydrogen-bond donors (Lipinski definition) is 2. The van der Waals surface area contributed by atoms with Crippen LogP contribution in [0.15, 0.2) is 18.2 Å². The Morgan fingerprint density at radius 2 is 1.81 bits per heavy atom. The highest BCUT2D eigenvalue weighted by Crippen LogP contribution is 2.37. The normalized spacial score (nSPS) is 13.2. The summed E-state index contributed by atoms with van der Waals surface area (Å²) in [4.78, 5) is 25.1. The molecule has 1 saturated carbocycles. The molecule has 1 aromatic heterocycles. The average molecular weight is 395 g/mol. The number of aryl methyl sites for hydroxylation is 1. The van der Waals surface area contributed by atoms with Crippen molar-refractivity contribution in [3.8, 4) is 11.5 Å². The third-order valence-electron chi connectivity index (χ3n) is 4.04. The fourth-order valence-electron chi connectivity index (χ4n) is 2.47. The van der Waals surface area contributed by atoms with Gasteiger partial charge in [-0.25, -0.2) is 0 Å². The SMILES string of the molecule is COc1cc(OC)c(NC(=O)c2sc(NC(=O)C3CC3)cc2C)cc1Cl. The van der Waals surface area contributed by atoms with Crippen LogP contribution in [0.3, 0.4) is 0 Å². The zero-order valence-corrected chi connectivity index (χ0v) is 16.2. The first-order chi connectivity index (χ1) is 12.4. The number of nitrogens with one attached hydrogen (secondary N) is 2. The number of methoxy groups -OCH3 is 2. The van der Waals surface area contributed by atoms with Crippen LogP contribution in [-0.2, 0) is 4.79 Å². The van der Waals surface area contributed by atoms with Crippen LogP contribution < -0.4 is 20.1 Å². The Labute approximate surface area is 160 Å². The number of carbonyl (C=O) groups is 2. The van der Waals surface area contributed by atoms with E-state index in [1.807, 2.05) is 6.92 Å². The van der Waals surface area contributed by atoms with E-state index in [-0.39, 0.29) is 17.7 Å². The van der Waals surface area contributed by atoms with Crippen LogP contribution in [0.1, 0.15) is 28.1 Å². The first-order valence-corrected chi connectivity index (χ1v) is 9.26. The van der Waals surface area contributed by atoms with E-state index in [1.165, 1.54) is 25.6 Å². The molecule has 2 N–H and O–H groups in total. The van der Waals surface area contributed by atoms with Crippen molar-refractivity contribution in [3.05, 3.63) is 33.7 Å². The maximum atomic E-state index is 12.7. The Kier molecular flexibility index (Phi) is 5.38. The summed E-state index contributed by atoms with van der Waals surface area (Å²) < 4.78 is 10.4. The molecule has 1 aliphatic rings. The Balaban J connectivity index is 1.78. The molecule has 0 bridgehead atoms. The largest absolute Gasteiger partial charge is 0.495 e. The van der Waals surface area contributed by atoms with Crippen molar-refractivity contribution in [2.45, 2.75) is 19.8 Å². The van der Waals surface area contributed by atoms with Gasteiger partial charge in [-0.2, -0.15) is 0 Å². The van der Waals surface area contributed by atoms with Gasteiger partial charge in [0.15, 0.2) is 0 Å². The summed E-state index contributed by atoms with van der Waals surface area (Å²) in [6, 6.07) is 4.99. The van der Waals surface area contributed by atoms with Crippen LogP contribution in [0.4, 0.5) is 10.7 Å². The monoisotopic (exact) mass is 394 g/mol. The minimum Gasteiger partial charge on any atom is -0.495 e. The summed E-state index contributed by atoms with van der Waals surface area (Å²) in [6.45, 7) is 1.83. The van der Waals surface area contributed by atoms with Gasteiger partial charge in [0, 0.05) is 12.0 Å². The molecule has 3 rings (SSSR count). The Bertz CT molecular complexity index is 861. The van der Waals surface area contributed by atoms with Crippen molar-refractivity contribution in [3.63, 3.8) is 0 Å². The smallest absolute Gasteiger partial charge is 0.266 e. The minimum atomic E-state index is -0.293. The number of thiophene rings is 1. The van der Waals surface area contributed by atoms with Crippen molar-refractivity contribution in [2.24, 2.45) is 5.92 Å². The van der Waals surface area contributed by atoms with Gasteiger partial charge in [0.05, 0.1) is 34.8 Å². The zero-order chi connectivity index (χ0) is 18.8. The second-order valence-electron chi connectivity index (χ2n) is 6.03. The highest BCUT2D eigenvalue weighted by molar-refractivity contribution is 7.18. The van der Waals surface area contributed by atoms with Crippen LogP contribution >= 0.6 is 22.9 Å². The third-order valence-corrected chi connectivity index (χ3v) is 5.49. The van der Waals surface area contributed by atoms with E-state index >= 15 is 0 Å². The van der Waals surface area contributed by atoms with Crippen LogP contribution in [0.2, 0.25) is 5.02 Å². The molecule has 0 saturated heterocycles. The summed E-state index contributed by atoms with van der Waals surface area (Å²) in [5.74, 6) is 0.733. The molecule has 0 aliphatic heterocycles. The highest BCUT2D eigenvalue weighted by Gasteiger charge is 2.30. The zero-order valence-electron chi connectivity index (χ0n) is 14.6. The van der Waals surface area contributed by atoms with Crippen LogP contribution in [0.5, 0.6) is 11.5 Å². The molecule has 6 nitrogen and oxygen atoms in total. The number of hydrogen-bond acceptors (Lipinski definition) is 5. The van der Waals surface area contributed by atoms with E-state index in [2.05, 4.69) is 10.6 Å². The molecule has 26 heavy (non-hydrogen) atoms. The first kappa shape index (κ1) is 18.5. The van der Waals surface area contributed by atoms with Crippen molar-refractivity contribution in [2.75, 3.05) is 24.9 Å². The predicted molar refractivity (Wildman–Crippen MR) is 103 cm³/mol. The van der Waals surface area contributed by atoms with Crippen LogP contribution in [0.25, 0.3) is 0 Å². The number of amides is 2. The lowest BCUT2D eigenvalue weighted by Gasteiger charge is -2.13. The molecule has 0 atom stereocenters.